The third-order valence-corrected chi connectivity index (χ3v) is 3.93. The van der Waals surface area contributed by atoms with Crippen LogP contribution in [0.15, 0.2) is 36.5 Å². The third-order valence-electron chi connectivity index (χ3n) is 3.93. The van der Waals surface area contributed by atoms with Crippen LogP contribution in [-0.4, -0.2) is 54.0 Å². The summed E-state index contributed by atoms with van der Waals surface area (Å²) in [6.07, 6.45) is 1.77. The maximum absolute atomic E-state index is 11.0. The van der Waals surface area contributed by atoms with Crippen LogP contribution in [-0.2, 0) is 4.79 Å². The molecule has 0 bridgehead atoms. The van der Waals surface area contributed by atoms with Crippen molar-refractivity contribution in [3.63, 3.8) is 0 Å². The van der Waals surface area contributed by atoms with Crippen LogP contribution in [0.2, 0.25) is 0 Å². The largest absolute Gasteiger partial charge is 0.354 e. The maximum atomic E-state index is 11.0. The first kappa shape index (κ1) is 16.2. The number of nitrogens with one attached hydrogen (secondary N) is 2. The second kappa shape index (κ2) is 7.27. The summed E-state index contributed by atoms with van der Waals surface area (Å²) in [6.45, 7) is 5.51. The number of carbonyl (C=O) groups excluding carboxylic acids is 1. The number of benzene rings is 1. The first-order valence-electron chi connectivity index (χ1n) is 8.01. The molecule has 1 aliphatic rings. The van der Waals surface area contributed by atoms with Crippen LogP contribution in [0.5, 0.6) is 0 Å². The van der Waals surface area contributed by atoms with Crippen LogP contribution >= 0.6 is 0 Å². The predicted molar refractivity (Wildman–Crippen MR) is 95.8 cm³/mol. The van der Waals surface area contributed by atoms with Gasteiger partial charge < -0.3 is 20.4 Å². The highest BCUT2D eigenvalue weighted by molar-refractivity contribution is 5.88. The van der Waals surface area contributed by atoms with E-state index in [9.17, 15) is 4.79 Å². The zero-order valence-corrected chi connectivity index (χ0v) is 14.0. The quantitative estimate of drug-likeness (QED) is 0.894. The molecule has 7 nitrogen and oxygen atoms in total. The number of carbonyl (C=O) groups is 1. The van der Waals surface area contributed by atoms with Crippen molar-refractivity contribution < 1.29 is 4.79 Å². The molecule has 0 saturated carbocycles. The molecule has 1 amide bonds. The Morgan fingerprint density at radius 3 is 2.38 bits per heavy atom. The van der Waals surface area contributed by atoms with Gasteiger partial charge in [-0.25, -0.2) is 4.98 Å². The molecule has 1 aromatic heterocycles. The highest BCUT2D eigenvalue weighted by Gasteiger charge is 2.15. The third kappa shape index (κ3) is 4.20. The molecule has 24 heavy (non-hydrogen) atoms. The number of likely N-dealkylation sites (N-methyl/N-ethyl adjacent to an activating group) is 1. The van der Waals surface area contributed by atoms with Crippen LogP contribution in [0.3, 0.4) is 0 Å². The molecule has 1 fully saturated rings. The highest BCUT2D eigenvalue weighted by Crippen LogP contribution is 2.19. The van der Waals surface area contributed by atoms with Crippen molar-refractivity contribution in [1.82, 2.24) is 14.9 Å². The van der Waals surface area contributed by atoms with Gasteiger partial charge in [0.1, 0.15) is 5.82 Å². The van der Waals surface area contributed by atoms with Crippen molar-refractivity contribution in [3.05, 3.63) is 36.5 Å². The molecular weight excluding hydrogens is 304 g/mol. The van der Waals surface area contributed by atoms with Gasteiger partial charge in [-0.3, -0.25) is 4.79 Å². The van der Waals surface area contributed by atoms with E-state index in [1.165, 1.54) is 6.92 Å². The molecule has 0 radical (unpaired) electrons. The zero-order valence-electron chi connectivity index (χ0n) is 14.0. The molecule has 126 valence electrons. The number of nitrogens with zero attached hydrogens (tertiary/aromatic N) is 4. The summed E-state index contributed by atoms with van der Waals surface area (Å²) >= 11 is 0. The Bertz CT molecular complexity index is 694. The van der Waals surface area contributed by atoms with E-state index >= 15 is 0 Å². The number of piperazine rings is 1. The van der Waals surface area contributed by atoms with Gasteiger partial charge in [0.25, 0.3) is 0 Å². The SMILES string of the molecule is CC(=O)Nc1ccc(Nc2nccc(N3CCN(C)CC3)n2)cc1. The normalized spacial score (nSPS) is 15.2. The molecule has 1 aliphatic heterocycles. The summed E-state index contributed by atoms with van der Waals surface area (Å²) in [5.74, 6) is 1.42. The minimum Gasteiger partial charge on any atom is -0.354 e. The van der Waals surface area contributed by atoms with Crippen molar-refractivity contribution in [1.29, 1.82) is 0 Å². The number of rotatable bonds is 4. The second-order valence-electron chi connectivity index (χ2n) is 5.91. The van der Waals surface area contributed by atoms with Crippen LogP contribution in [0.4, 0.5) is 23.1 Å². The van der Waals surface area contributed by atoms with E-state index in [0.717, 1.165) is 43.4 Å². The summed E-state index contributed by atoms with van der Waals surface area (Å²) in [7, 11) is 2.13. The molecular formula is C17H22N6O. The van der Waals surface area contributed by atoms with Crippen LogP contribution < -0.4 is 15.5 Å². The number of aromatic nitrogens is 2. The fourth-order valence-corrected chi connectivity index (χ4v) is 2.59. The lowest BCUT2D eigenvalue weighted by Gasteiger charge is -2.33. The topological polar surface area (TPSA) is 73.4 Å². The van der Waals surface area contributed by atoms with E-state index in [1.807, 2.05) is 30.3 Å². The molecule has 0 unspecified atom stereocenters. The van der Waals surface area contributed by atoms with Crippen molar-refractivity contribution >= 4 is 29.0 Å². The summed E-state index contributed by atoms with van der Waals surface area (Å²) in [5, 5.41) is 5.94. The van der Waals surface area contributed by atoms with Gasteiger partial charge in [0.05, 0.1) is 0 Å². The molecule has 0 spiro atoms. The molecule has 0 aliphatic carbocycles. The first-order chi connectivity index (χ1) is 11.6. The summed E-state index contributed by atoms with van der Waals surface area (Å²) in [4.78, 5) is 24.5. The Kier molecular flexibility index (Phi) is 4.90. The van der Waals surface area contributed by atoms with Crippen molar-refractivity contribution in [2.24, 2.45) is 0 Å². The summed E-state index contributed by atoms with van der Waals surface area (Å²) in [5.41, 5.74) is 1.64. The fourth-order valence-electron chi connectivity index (χ4n) is 2.59. The molecule has 2 heterocycles. The minimum absolute atomic E-state index is 0.0843. The van der Waals surface area contributed by atoms with E-state index in [1.54, 1.807) is 6.20 Å². The van der Waals surface area contributed by atoms with Gasteiger partial charge in [-0.05, 0) is 37.4 Å². The predicted octanol–water partition coefficient (Wildman–Crippen LogP) is 1.93. The van der Waals surface area contributed by atoms with E-state index in [2.05, 4.69) is 37.4 Å². The summed E-state index contributed by atoms with van der Waals surface area (Å²) in [6, 6.07) is 9.40. The number of hydrogen-bond acceptors (Lipinski definition) is 6. The fraction of sp³-hybridized carbons (Fsp3) is 0.353. The van der Waals surface area contributed by atoms with E-state index in [4.69, 9.17) is 0 Å². The molecule has 1 saturated heterocycles. The van der Waals surface area contributed by atoms with Crippen LogP contribution in [0.25, 0.3) is 0 Å². The van der Waals surface area contributed by atoms with Gasteiger partial charge in [0.15, 0.2) is 0 Å². The van der Waals surface area contributed by atoms with Gasteiger partial charge in [-0.2, -0.15) is 4.98 Å². The van der Waals surface area contributed by atoms with Crippen LogP contribution in [0.1, 0.15) is 6.92 Å². The Morgan fingerprint density at radius 1 is 1.04 bits per heavy atom. The molecule has 2 N–H and O–H groups in total. The lowest BCUT2D eigenvalue weighted by molar-refractivity contribution is -0.114. The number of amides is 1. The Balaban J connectivity index is 1.67. The lowest BCUT2D eigenvalue weighted by Crippen LogP contribution is -2.44. The molecule has 0 atom stereocenters. The Hall–Kier alpha value is -2.67. The zero-order chi connectivity index (χ0) is 16.9. The molecule has 3 rings (SSSR count). The molecule has 7 heteroatoms. The van der Waals surface area contributed by atoms with Gasteiger partial charge in [0, 0.05) is 50.7 Å². The first-order valence-corrected chi connectivity index (χ1v) is 8.01. The second-order valence-corrected chi connectivity index (χ2v) is 5.91. The smallest absolute Gasteiger partial charge is 0.229 e. The van der Waals surface area contributed by atoms with E-state index < -0.39 is 0 Å². The van der Waals surface area contributed by atoms with Gasteiger partial charge >= 0.3 is 0 Å². The van der Waals surface area contributed by atoms with Crippen molar-refractivity contribution in [2.75, 3.05) is 48.8 Å². The monoisotopic (exact) mass is 326 g/mol. The average molecular weight is 326 g/mol. The highest BCUT2D eigenvalue weighted by atomic mass is 16.1. The van der Waals surface area contributed by atoms with Gasteiger partial charge in [0.2, 0.25) is 11.9 Å². The standard InChI is InChI=1S/C17H22N6O/c1-13(24)19-14-3-5-15(6-4-14)20-17-18-8-7-16(21-17)23-11-9-22(2)10-12-23/h3-8H,9-12H2,1-2H3,(H,19,24)(H,18,20,21). The van der Waals surface area contributed by atoms with E-state index in [0.29, 0.717) is 5.95 Å². The molecule has 2 aromatic rings. The molecule has 1 aromatic carbocycles. The number of hydrogen-bond donors (Lipinski definition) is 2. The van der Waals surface area contributed by atoms with Crippen LogP contribution in [0, 0.1) is 0 Å². The lowest BCUT2D eigenvalue weighted by atomic mass is 10.3. The summed E-state index contributed by atoms with van der Waals surface area (Å²) < 4.78 is 0. The maximum Gasteiger partial charge on any atom is 0.229 e. The minimum atomic E-state index is -0.0843. The van der Waals surface area contributed by atoms with Gasteiger partial charge in [-0.1, -0.05) is 0 Å². The van der Waals surface area contributed by atoms with Gasteiger partial charge in [-0.15, -0.1) is 0 Å². The van der Waals surface area contributed by atoms with E-state index in [-0.39, 0.29) is 5.91 Å². The average Bonchev–Trinajstić information content (AvgIpc) is 2.57. The Labute approximate surface area is 141 Å². The number of anilines is 4. The Morgan fingerprint density at radius 2 is 1.71 bits per heavy atom. The van der Waals surface area contributed by atoms with Crippen molar-refractivity contribution in [3.8, 4) is 0 Å². The van der Waals surface area contributed by atoms with Crippen molar-refractivity contribution in [2.45, 2.75) is 6.92 Å².